The van der Waals surface area contributed by atoms with Crippen LogP contribution < -0.4 is 5.73 Å². The van der Waals surface area contributed by atoms with Crippen molar-refractivity contribution in [3.63, 3.8) is 0 Å². The van der Waals surface area contributed by atoms with E-state index < -0.39 is 5.82 Å². The summed E-state index contributed by atoms with van der Waals surface area (Å²) in [5, 5.41) is 0. The zero-order valence-corrected chi connectivity index (χ0v) is 10.9. The van der Waals surface area contributed by atoms with Crippen molar-refractivity contribution in [1.82, 2.24) is 0 Å². The van der Waals surface area contributed by atoms with Gasteiger partial charge in [-0.05, 0) is 47.4 Å². The predicted molar refractivity (Wildman–Crippen MR) is 73.1 cm³/mol. The third-order valence-corrected chi connectivity index (χ3v) is 3.30. The third kappa shape index (κ3) is 3.38. The van der Waals surface area contributed by atoms with Crippen molar-refractivity contribution in [3.8, 4) is 0 Å². The summed E-state index contributed by atoms with van der Waals surface area (Å²) >= 11 is 0. The second-order valence-electron chi connectivity index (χ2n) is 4.79. The first kappa shape index (κ1) is 13.7. The van der Waals surface area contributed by atoms with Crippen LogP contribution in [0.15, 0.2) is 42.5 Å². The molecule has 0 heterocycles. The molecular formula is C16H17F2N. The van der Waals surface area contributed by atoms with Gasteiger partial charge in [-0.15, -0.1) is 0 Å². The van der Waals surface area contributed by atoms with Crippen LogP contribution in [-0.4, -0.2) is 6.54 Å². The first-order chi connectivity index (χ1) is 9.10. The molecule has 0 aliphatic carbocycles. The Bertz CT molecular complexity index is 549. The molecule has 0 bridgehead atoms. The Labute approximate surface area is 112 Å². The molecule has 3 heteroatoms. The largest absolute Gasteiger partial charge is 0.330 e. The molecular weight excluding hydrogens is 244 g/mol. The fourth-order valence-electron chi connectivity index (χ4n) is 2.00. The zero-order valence-electron chi connectivity index (χ0n) is 10.9. The molecule has 0 saturated heterocycles. The van der Waals surface area contributed by atoms with Gasteiger partial charge >= 0.3 is 0 Å². The molecule has 19 heavy (non-hydrogen) atoms. The summed E-state index contributed by atoms with van der Waals surface area (Å²) in [7, 11) is 0. The Balaban J connectivity index is 2.17. The molecule has 0 radical (unpaired) electrons. The molecule has 0 aliphatic heterocycles. The van der Waals surface area contributed by atoms with Crippen LogP contribution in [0.5, 0.6) is 0 Å². The summed E-state index contributed by atoms with van der Waals surface area (Å²) in [4.78, 5) is 0. The van der Waals surface area contributed by atoms with Gasteiger partial charge in [0.1, 0.15) is 11.6 Å². The smallest absolute Gasteiger partial charge is 0.126 e. The number of benzene rings is 2. The third-order valence-electron chi connectivity index (χ3n) is 3.30. The van der Waals surface area contributed by atoms with E-state index in [2.05, 4.69) is 6.92 Å². The van der Waals surface area contributed by atoms with Crippen LogP contribution in [0.3, 0.4) is 0 Å². The Kier molecular flexibility index (Phi) is 4.27. The topological polar surface area (TPSA) is 26.0 Å². The molecule has 1 unspecified atom stereocenters. The van der Waals surface area contributed by atoms with Gasteiger partial charge < -0.3 is 5.73 Å². The average molecular weight is 261 g/mol. The fourth-order valence-corrected chi connectivity index (χ4v) is 2.00. The monoisotopic (exact) mass is 261 g/mol. The molecule has 0 saturated carbocycles. The minimum atomic E-state index is -0.412. The molecule has 1 nitrogen and oxygen atoms in total. The van der Waals surface area contributed by atoms with Gasteiger partial charge in [-0.2, -0.15) is 0 Å². The molecule has 0 spiro atoms. The number of hydrogen-bond acceptors (Lipinski definition) is 1. The summed E-state index contributed by atoms with van der Waals surface area (Å²) < 4.78 is 26.6. The van der Waals surface area contributed by atoms with Gasteiger partial charge in [-0.25, -0.2) is 8.78 Å². The second kappa shape index (κ2) is 5.93. The Morgan fingerprint density at radius 3 is 2.37 bits per heavy atom. The van der Waals surface area contributed by atoms with E-state index >= 15 is 0 Å². The van der Waals surface area contributed by atoms with Gasteiger partial charge in [-0.3, -0.25) is 0 Å². The maximum atomic E-state index is 13.5. The zero-order chi connectivity index (χ0) is 13.8. The van der Waals surface area contributed by atoms with Gasteiger partial charge in [0.05, 0.1) is 0 Å². The maximum absolute atomic E-state index is 13.5. The summed E-state index contributed by atoms with van der Waals surface area (Å²) in [6.07, 6.45) is 0.390. The van der Waals surface area contributed by atoms with Gasteiger partial charge in [0.25, 0.3) is 0 Å². The van der Waals surface area contributed by atoms with Crippen molar-refractivity contribution in [2.75, 3.05) is 6.54 Å². The molecule has 100 valence electrons. The van der Waals surface area contributed by atoms with Crippen molar-refractivity contribution in [2.45, 2.75) is 19.3 Å². The molecule has 0 fully saturated rings. The van der Waals surface area contributed by atoms with Crippen LogP contribution >= 0.6 is 0 Å². The maximum Gasteiger partial charge on any atom is 0.126 e. The van der Waals surface area contributed by atoms with E-state index in [0.29, 0.717) is 24.4 Å². The van der Waals surface area contributed by atoms with E-state index in [1.54, 1.807) is 0 Å². The van der Waals surface area contributed by atoms with Crippen molar-refractivity contribution >= 4 is 0 Å². The molecule has 2 aromatic rings. The van der Waals surface area contributed by atoms with Gasteiger partial charge in [0.15, 0.2) is 0 Å². The molecule has 0 aliphatic rings. The summed E-state index contributed by atoms with van der Waals surface area (Å²) in [5.41, 5.74) is 8.10. The highest BCUT2D eigenvalue weighted by atomic mass is 19.1. The fraction of sp³-hybridized carbons (Fsp3) is 0.250. The quantitative estimate of drug-likeness (QED) is 0.893. The van der Waals surface area contributed by atoms with Gasteiger partial charge in [-0.1, -0.05) is 31.2 Å². The number of halogens is 2. The Morgan fingerprint density at radius 1 is 1.05 bits per heavy atom. The van der Waals surface area contributed by atoms with E-state index in [1.807, 2.05) is 24.3 Å². The first-order valence-electron chi connectivity index (χ1n) is 6.33. The van der Waals surface area contributed by atoms with Crippen molar-refractivity contribution in [3.05, 3.63) is 70.8 Å². The number of hydrogen-bond donors (Lipinski definition) is 1. The van der Waals surface area contributed by atoms with E-state index in [4.69, 9.17) is 5.73 Å². The lowest BCUT2D eigenvalue weighted by atomic mass is 9.97. The molecule has 2 rings (SSSR count). The van der Waals surface area contributed by atoms with Crippen LogP contribution in [0.25, 0.3) is 0 Å². The summed E-state index contributed by atoms with van der Waals surface area (Å²) in [5.74, 6) is -0.481. The first-order valence-corrected chi connectivity index (χ1v) is 6.33. The van der Waals surface area contributed by atoms with Crippen LogP contribution in [0.2, 0.25) is 0 Å². The number of nitrogens with two attached hydrogens (primary N) is 1. The standard InChI is InChI=1S/C16H17F2N/c1-11(10-19)13-4-2-12(3-5-13)8-14-9-15(17)6-7-16(14)18/h2-7,9,11H,8,10,19H2,1H3. The molecule has 2 N–H and O–H groups in total. The predicted octanol–water partition coefficient (Wildman–Crippen LogP) is 3.62. The normalized spacial score (nSPS) is 12.4. The second-order valence-corrected chi connectivity index (χ2v) is 4.79. The van der Waals surface area contributed by atoms with E-state index in [-0.39, 0.29) is 5.82 Å². The molecule has 0 amide bonds. The van der Waals surface area contributed by atoms with Crippen LogP contribution in [-0.2, 0) is 6.42 Å². The Morgan fingerprint density at radius 2 is 1.74 bits per heavy atom. The van der Waals surface area contributed by atoms with Crippen molar-refractivity contribution in [2.24, 2.45) is 5.73 Å². The SMILES string of the molecule is CC(CN)c1ccc(Cc2cc(F)ccc2F)cc1. The van der Waals surface area contributed by atoms with Gasteiger partial charge in [0.2, 0.25) is 0 Å². The minimum absolute atomic E-state index is 0.306. The van der Waals surface area contributed by atoms with Crippen molar-refractivity contribution in [1.29, 1.82) is 0 Å². The van der Waals surface area contributed by atoms with Crippen molar-refractivity contribution < 1.29 is 8.78 Å². The van der Waals surface area contributed by atoms with Gasteiger partial charge in [0, 0.05) is 6.42 Å². The highest BCUT2D eigenvalue weighted by Crippen LogP contribution is 2.18. The highest BCUT2D eigenvalue weighted by molar-refractivity contribution is 5.31. The number of rotatable bonds is 4. The van der Waals surface area contributed by atoms with Crippen LogP contribution in [0.1, 0.15) is 29.5 Å². The van der Waals surface area contributed by atoms with E-state index in [0.717, 1.165) is 23.3 Å². The Hall–Kier alpha value is -1.74. The molecule has 1 atom stereocenters. The van der Waals surface area contributed by atoms with E-state index in [9.17, 15) is 8.78 Å². The summed E-state index contributed by atoms with van der Waals surface area (Å²) in [6, 6.07) is 11.4. The highest BCUT2D eigenvalue weighted by Gasteiger charge is 2.06. The molecule has 0 aromatic heterocycles. The minimum Gasteiger partial charge on any atom is -0.330 e. The van der Waals surface area contributed by atoms with E-state index in [1.165, 1.54) is 6.07 Å². The lowest BCUT2D eigenvalue weighted by Crippen LogP contribution is -2.08. The van der Waals surface area contributed by atoms with Crippen LogP contribution in [0.4, 0.5) is 8.78 Å². The molecule has 2 aromatic carbocycles. The average Bonchev–Trinajstić information content (AvgIpc) is 2.43. The summed E-state index contributed by atoms with van der Waals surface area (Å²) in [6.45, 7) is 2.65. The lowest BCUT2D eigenvalue weighted by Gasteiger charge is -2.10. The van der Waals surface area contributed by atoms with Crippen LogP contribution in [0, 0.1) is 11.6 Å². The lowest BCUT2D eigenvalue weighted by molar-refractivity contribution is 0.588.